The van der Waals surface area contributed by atoms with Gasteiger partial charge >= 0.3 is 0 Å². The van der Waals surface area contributed by atoms with Gasteiger partial charge in [-0.3, -0.25) is 4.79 Å². The number of carbonyl (C=O) groups excluding carboxylic acids is 1. The highest BCUT2D eigenvalue weighted by Gasteiger charge is 2.51. The Balaban J connectivity index is 2.10. The molecule has 0 saturated heterocycles. The number of rotatable bonds is 3. The molecule has 0 bridgehead atoms. The Hall–Kier alpha value is -1.87. The highest BCUT2D eigenvalue weighted by atomic mass is 16.3. The summed E-state index contributed by atoms with van der Waals surface area (Å²) in [5, 5.41) is 10.8. The second-order valence-corrected chi connectivity index (χ2v) is 6.74. The van der Waals surface area contributed by atoms with Crippen LogP contribution in [-0.2, 0) is 4.79 Å². The Kier molecular flexibility index (Phi) is 4.15. The van der Waals surface area contributed by atoms with Crippen LogP contribution < -0.4 is 0 Å². The summed E-state index contributed by atoms with van der Waals surface area (Å²) < 4.78 is 5.61. The third-order valence-corrected chi connectivity index (χ3v) is 5.49. The molecule has 0 aromatic carbocycles. The largest absolute Gasteiger partial charge is 0.462 e. The predicted molar refractivity (Wildman–Crippen MR) is 90.8 cm³/mol. The Morgan fingerprint density at radius 2 is 2.26 bits per heavy atom. The van der Waals surface area contributed by atoms with Gasteiger partial charge in [0, 0.05) is 11.0 Å². The molecule has 1 fully saturated rings. The van der Waals surface area contributed by atoms with Crippen molar-refractivity contribution in [2.45, 2.75) is 45.6 Å². The summed E-state index contributed by atoms with van der Waals surface area (Å²) in [6, 6.07) is 3.76. The minimum Gasteiger partial charge on any atom is -0.462 e. The van der Waals surface area contributed by atoms with Gasteiger partial charge in [-0.25, -0.2) is 0 Å². The summed E-state index contributed by atoms with van der Waals surface area (Å²) in [4.78, 5) is 12.6. The van der Waals surface area contributed by atoms with E-state index in [9.17, 15) is 9.90 Å². The number of hydrogen-bond acceptors (Lipinski definition) is 3. The number of furan rings is 1. The molecular formula is C20H24O3. The normalized spacial score (nSPS) is 32.6. The fourth-order valence-corrected chi connectivity index (χ4v) is 4.26. The van der Waals surface area contributed by atoms with E-state index in [2.05, 4.69) is 6.58 Å². The van der Waals surface area contributed by atoms with Crippen molar-refractivity contribution in [2.75, 3.05) is 0 Å². The van der Waals surface area contributed by atoms with E-state index in [0.717, 1.165) is 30.6 Å². The number of aliphatic hydroxyl groups is 1. The van der Waals surface area contributed by atoms with Gasteiger partial charge in [-0.2, -0.15) is 0 Å². The molecule has 0 aliphatic heterocycles. The minimum absolute atomic E-state index is 0.0374. The summed E-state index contributed by atoms with van der Waals surface area (Å²) in [6.07, 6.45) is 8.28. The van der Waals surface area contributed by atoms with Gasteiger partial charge in [-0.1, -0.05) is 18.6 Å². The van der Waals surface area contributed by atoms with Crippen LogP contribution in [0.5, 0.6) is 0 Å². The fourth-order valence-electron chi connectivity index (χ4n) is 4.26. The standard InChI is InChI=1S/C20H24O3/c1-4-10-20-14(3)17(12-16-9-8-13(2)23-16)18(21)11-15(20)6-5-7-19(20)22/h4,8-9,11-12,14,19,22H,1,5-7,10H2,2-3H3/b17-12+/t14-,19-,20-/m0/s1. The number of aliphatic hydroxyl groups excluding tert-OH is 1. The zero-order valence-electron chi connectivity index (χ0n) is 13.8. The van der Waals surface area contributed by atoms with Crippen LogP contribution >= 0.6 is 0 Å². The molecule has 0 spiro atoms. The Morgan fingerprint density at radius 3 is 2.91 bits per heavy atom. The number of aryl methyl sites for hydroxylation is 1. The van der Waals surface area contributed by atoms with E-state index in [1.54, 1.807) is 6.08 Å². The Labute approximate surface area is 137 Å². The van der Waals surface area contributed by atoms with Crippen LogP contribution in [0, 0.1) is 18.3 Å². The molecule has 0 radical (unpaired) electrons. The summed E-state index contributed by atoms with van der Waals surface area (Å²) in [7, 11) is 0. The van der Waals surface area contributed by atoms with E-state index in [0.29, 0.717) is 17.8 Å². The first-order valence-electron chi connectivity index (χ1n) is 8.31. The lowest BCUT2D eigenvalue weighted by Crippen LogP contribution is -2.48. The maximum Gasteiger partial charge on any atom is 0.182 e. The third kappa shape index (κ3) is 2.53. The third-order valence-electron chi connectivity index (χ3n) is 5.49. The average molecular weight is 312 g/mol. The zero-order chi connectivity index (χ0) is 16.6. The van der Waals surface area contributed by atoms with E-state index in [1.165, 1.54) is 0 Å². The molecule has 1 saturated carbocycles. The van der Waals surface area contributed by atoms with Gasteiger partial charge in [-0.05, 0) is 62.8 Å². The maximum atomic E-state index is 12.6. The molecule has 1 aromatic heterocycles. The van der Waals surface area contributed by atoms with Crippen LogP contribution in [0.3, 0.4) is 0 Å². The van der Waals surface area contributed by atoms with Crippen molar-refractivity contribution in [3.8, 4) is 0 Å². The number of hydrogen-bond donors (Lipinski definition) is 1. The quantitative estimate of drug-likeness (QED) is 0.671. The summed E-state index contributed by atoms with van der Waals surface area (Å²) in [5.41, 5.74) is 1.40. The SMILES string of the molecule is C=CC[C@@]12C(=CC(=O)/C(=C/c3ccc(C)o3)[C@@H]1C)CCC[C@@H]2O. The lowest BCUT2D eigenvalue weighted by Gasteiger charge is -2.50. The van der Waals surface area contributed by atoms with Gasteiger partial charge in [0.25, 0.3) is 0 Å². The molecule has 2 aliphatic carbocycles. The lowest BCUT2D eigenvalue weighted by atomic mass is 9.55. The molecule has 0 amide bonds. The molecule has 122 valence electrons. The van der Waals surface area contributed by atoms with Gasteiger partial charge in [0.15, 0.2) is 5.78 Å². The van der Waals surface area contributed by atoms with Crippen molar-refractivity contribution in [1.82, 2.24) is 0 Å². The molecule has 3 nitrogen and oxygen atoms in total. The summed E-state index contributed by atoms with van der Waals surface area (Å²) >= 11 is 0. The molecule has 1 heterocycles. The van der Waals surface area contributed by atoms with E-state index >= 15 is 0 Å². The van der Waals surface area contributed by atoms with Crippen LogP contribution in [0.4, 0.5) is 0 Å². The van der Waals surface area contributed by atoms with Crippen LogP contribution in [-0.4, -0.2) is 17.0 Å². The second kappa shape index (κ2) is 5.97. The number of carbonyl (C=O) groups is 1. The average Bonchev–Trinajstić information content (AvgIpc) is 2.92. The van der Waals surface area contributed by atoms with E-state index < -0.39 is 11.5 Å². The zero-order valence-corrected chi connectivity index (χ0v) is 13.8. The number of allylic oxidation sites excluding steroid dienone is 3. The minimum atomic E-state index is -0.440. The first-order valence-corrected chi connectivity index (χ1v) is 8.31. The van der Waals surface area contributed by atoms with Crippen LogP contribution in [0.2, 0.25) is 0 Å². The van der Waals surface area contributed by atoms with E-state index in [1.807, 2.05) is 38.1 Å². The van der Waals surface area contributed by atoms with Crippen molar-refractivity contribution >= 4 is 11.9 Å². The highest BCUT2D eigenvalue weighted by Crippen LogP contribution is 2.54. The number of fused-ring (bicyclic) bond motifs is 1. The van der Waals surface area contributed by atoms with Crippen LogP contribution in [0.25, 0.3) is 6.08 Å². The molecule has 2 aliphatic rings. The van der Waals surface area contributed by atoms with Crippen molar-refractivity contribution < 1.29 is 14.3 Å². The maximum absolute atomic E-state index is 12.6. The van der Waals surface area contributed by atoms with Gasteiger partial charge in [0.05, 0.1) is 6.10 Å². The smallest absolute Gasteiger partial charge is 0.182 e. The molecule has 1 N–H and O–H groups in total. The van der Waals surface area contributed by atoms with Gasteiger partial charge in [0.2, 0.25) is 0 Å². The highest BCUT2D eigenvalue weighted by molar-refractivity contribution is 6.09. The summed E-state index contributed by atoms with van der Waals surface area (Å²) in [6.45, 7) is 7.81. The molecule has 1 aromatic rings. The van der Waals surface area contributed by atoms with Crippen molar-refractivity contribution in [3.05, 3.63) is 53.5 Å². The van der Waals surface area contributed by atoms with Crippen molar-refractivity contribution in [1.29, 1.82) is 0 Å². The van der Waals surface area contributed by atoms with Gasteiger partial charge in [0.1, 0.15) is 11.5 Å². The second-order valence-electron chi connectivity index (χ2n) is 6.74. The molecule has 3 heteroatoms. The van der Waals surface area contributed by atoms with Gasteiger partial charge in [-0.15, -0.1) is 6.58 Å². The Bertz CT molecular complexity index is 691. The number of ketones is 1. The van der Waals surface area contributed by atoms with E-state index in [-0.39, 0.29) is 11.7 Å². The Morgan fingerprint density at radius 1 is 1.48 bits per heavy atom. The summed E-state index contributed by atoms with van der Waals surface area (Å²) in [5.74, 6) is 1.49. The first kappa shape index (κ1) is 16.0. The van der Waals surface area contributed by atoms with Crippen LogP contribution in [0.1, 0.15) is 44.1 Å². The van der Waals surface area contributed by atoms with E-state index in [4.69, 9.17) is 4.42 Å². The molecule has 0 unspecified atom stereocenters. The van der Waals surface area contributed by atoms with Gasteiger partial charge < -0.3 is 9.52 Å². The molecular weight excluding hydrogens is 288 g/mol. The van der Waals surface area contributed by atoms with Crippen molar-refractivity contribution in [3.63, 3.8) is 0 Å². The molecule has 3 atom stereocenters. The first-order chi connectivity index (χ1) is 11.0. The molecule has 23 heavy (non-hydrogen) atoms. The van der Waals surface area contributed by atoms with Crippen LogP contribution in [0.15, 0.2) is 46.4 Å². The predicted octanol–water partition coefficient (Wildman–Crippen LogP) is 4.22. The lowest BCUT2D eigenvalue weighted by molar-refractivity contribution is -0.113. The topological polar surface area (TPSA) is 50.4 Å². The molecule has 3 rings (SSSR count). The monoisotopic (exact) mass is 312 g/mol. The fraction of sp³-hybridized carbons (Fsp3) is 0.450. The van der Waals surface area contributed by atoms with Crippen molar-refractivity contribution in [2.24, 2.45) is 11.3 Å².